The third kappa shape index (κ3) is 6.98. The minimum Gasteiger partial charge on any atom is -0.333 e. The van der Waals surface area contributed by atoms with E-state index in [4.69, 9.17) is 0 Å². The summed E-state index contributed by atoms with van der Waals surface area (Å²) in [4.78, 5) is 11.9. The third-order valence-electron chi connectivity index (χ3n) is 2.71. The lowest BCUT2D eigenvalue weighted by Crippen LogP contribution is -2.48. The quantitative estimate of drug-likeness (QED) is 0.850. The minimum absolute atomic E-state index is 0.175. The molecule has 0 bridgehead atoms. The van der Waals surface area contributed by atoms with Crippen molar-refractivity contribution in [2.75, 3.05) is 0 Å². The van der Waals surface area contributed by atoms with Crippen LogP contribution in [0.15, 0.2) is 36.5 Å². The molecule has 1 rings (SSSR count). The van der Waals surface area contributed by atoms with E-state index in [1.807, 2.05) is 50.3 Å². The lowest BCUT2D eigenvalue weighted by Gasteiger charge is -2.33. The average molecular weight is 274 g/mol. The van der Waals surface area contributed by atoms with Crippen LogP contribution in [0, 0.1) is 5.41 Å². The van der Waals surface area contributed by atoms with Gasteiger partial charge in [0.15, 0.2) is 0 Å². The van der Waals surface area contributed by atoms with Gasteiger partial charge in [0, 0.05) is 11.7 Å². The molecule has 0 spiro atoms. The van der Waals surface area contributed by atoms with Crippen LogP contribution in [0.2, 0.25) is 0 Å². The van der Waals surface area contributed by atoms with Crippen molar-refractivity contribution in [2.45, 2.75) is 46.6 Å². The highest BCUT2D eigenvalue weighted by molar-refractivity contribution is 5.76. The lowest BCUT2D eigenvalue weighted by molar-refractivity contribution is 0.213. The maximum atomic E-state index is 11.9. The Hall–Kier alpha value is -1.77. The summed E-state index contributed by atoms with van der Waals surface area (Å²) in [5.74, 6) is 0. The summed E-state index contributed by atoms with van der Waals surface area (Å²) < 4.78 is 0. The van der Waals surface area contributed by atoms with E-state index in [-0.39, 0.29) is 17.0 Å². The predicted molar refractivity (Wildman–Crippen MR) is 85.3 cm³/mol. The largest absolute Gasteiger partial charge is 0.333 e. The van der Waals surface area contributed by atoms with Gasteiger partial charge in [-0.1, -0.05) is 51.1 Å². The Kier molecular flexibility index (Phi) is 5.37. The van der Waals surface area contributed by atoms with Gasteiger partial charge in [0.2, 0.25) is 0 Å². The number of hydrogen-bond acceptors (Lipinski definition) is 1. The van der Waals surface area contributed by atoms with E-state index in [1.54, 1.807) is 6.20 Å². The maximum Gasteiger partial charge on any atom is 0.319 e. The first-order valence-corrected chi connectivity index (χ1v) is 6.98. The summed E-state index contributed by atoms with van der Waals surface area (Å²) in [5.41, 5.74) is 1.00. The van der Waals surface area contributed by atoms with Crippen molar-refractivity contribution in [3.63, 3.8) is 0 Å². The van der Waals surface area contributed by atoms with Crippen molar-refractivity contribution in [2.24, 2.45) is 5.41 Å². The number of rotatable bonds is 4. The van der Waals surface area contributed by atoms with Crippen LogP contribution in [0.5, 0.6) is 0 Å². The number of urea groups is 1. The molecule has 0 aromatic heterocycles. The molecule has 3 nitrogen and oxygen atoms in total. The van der Waals surface area contributed by atoms with Gasteiger partial charge in [-0.25, -0.2) is 4.79 Å². The molecule has 0 saturated heterocycles. The Morgan fingerprint density at radius 1 is 1.10 bits per heavy atom. The number of amides is 2. The molecule has 0 heterocycles. The van der Waals surface area contributed by atoms with Crippen LogP contribution in [-0.4, -0.2) is 11.6 Å². The highest BCUT2D eigenvalue weighted by atomic mass is 16.2. The normalized spacial score (nSPS) is 12.4. The van der Waals surface area contributed by atoms with Crippen molar-refractivity contribution >= 4 is 12.1 Å². The maximum absolute atomic E-state index is 11.9. The number of carbonyl (C=O) groups excluding carboxylic acids is 1. The molecular weight excluding hydrogens is 248 g/mol. The van der Waals surface area contributed by atoms with E-state index in [0.717, 1.165) is 12.0 Å². The summed E-state index contributed by atoms with van der Waals surface area (Å²) in [6, 6.07) is 9.69. The second-order valence-electron chi connectivity index (χ2n) is 6.96. The molecule has 0 saturated carbocycles. The fraction of sp³-hybridized carbons (Fsp3) is 0.471. The zero-order chi connectivity index (χ0) is 15.2. The first-order chi connectivity index (χ1) is 9.18. The Morgan fingerprint density at radius 2 is 1.70 bits per heavy atom. The second kappa shape index (κ2) is 6.60. The summed E-state index contributed by atoms with van der Waals surface area (Å²) in [7, 11) is 0. The number of benzene rings is 1. The van der Waals surface area contributed by atoms with Gasteiger partial charge in [0.1, 0.15) is 0 Å². The van der Waals surface area contributed by atoms with Gasteiger partial charge in [0.25, 0.3) is 0 Å². The molecule has 0 aliphatic rings. The smallest absolute Gasteiger partial charge is 0.319 e. The zero-order valence-electron chi connectivity index (χ0n) is 13.2. The molecular formula is C17H26N2O. The highest BCUT2D eigenvalue weighted by Crippen LogP contribution is 2.26. The monoisotopic (exact) mass is 274 g/mol. The molecule has 0 radical (unpaired) electrons. The van der Waals surface area contributed by atoms with Crippen LogP contribution in [0.3, 0.4) is 0 Å². The molecule has 0 atom stereocenters. The molecule has 1 aromatic rings. The van der Waals surface area contributed by atoms with Crippen LogP contribution in [0.25, 0.3) is 6.08 Å². The standard InChI is InChI=1S/C17H26N2O/c1-16(2,3)13-17(4,5)19-15(20)18-12-11-14-9-7-6-8-10-14/h6-12H,13H2,1-5H3,(H2,18,19,20)/b12-11+. The molecule has 2 amide bonds. The Balaban J connectivity index is 2.46. The van der Waals surface area contributed by atoms with Gasteiger partial charge in [-0.05, 0) is 37.3 Å². The predicted octanol–water partition coefficient (Wildman–Crippen LogP) is 4.17. The van der Waals surface area contributed by atoms with E-state index in [2.05, 4.69) is 31.4 Å². The van der Waals surface area contributed by atoms with Crippen molar-refractivity contribution in [3.8, 4) is 0 Å². The topological polar surface area (TPSA) is 41.1 Å². The van der Waals surface area contributed by atoms with Crippen molar-refractivity contribution in [3.05, 3.63) is 42.1 Å². The van der Waals surface area contributed by atoms with Gasteiger partial charge in [-0.15, -0.1) is 0 Å². The lowest BCUT2D eigenvalue weighted by atomic mass is 9.82. The van der Waals surface area contributed by atoms with Crippen molar-refractivity contribution in [1.82, 2.24) is 10.6 Å². The summed E-state index contributed by atoms with van der Waals surface area (Å²) in [6.07, 6.45) is 4.45. The van der Waals surface area contributed by atoms with E-state index in [9.17, 15) is 4.79 Å². The highest BCUT2D eigenvalue weighted by Gasteiger charge is 2.26. The van der Waals surface area contributed by atoms with Crippen LogP contribution >= 0.6 is 0 Å². The first kappa shape index (κ1) is 16.3. The molecule has 20 heavy (non-hydrogen) atoms. The zero-order valence-corrected chi connectivity index (χ0v) is 13.2. The van der Waals surface area contributed by atoms with Gasteiger partial charge in [0.05, 0.1) is 0 Å². The Bertz CT molecular complexity index is 456. The molecule has 2 N–H and O–H groups in total. The van der Waals surface area contributed by atoms with Crippen LogP contribution in [-0.2, 0) is 0 Å². The molecule has 0 aliphatic heterocycles. The summed E-state index contributed by atoms with van der Waals surface area (Å²) in [6.45, 7) is 10.6. The van der Waals surface area contributed by atoms with Crippen LogP contribution < -0.4 is 10.6 Å². The molecule has 110 valence electrons. The fourth-order valence-corrected chi connectivity index (χ4v) is 2.49. The van der Waals surface area contributed by atoms with Gasteiger partial charge >= 0.3 is 6.03 Å². The van der Waals surface area contributed by atoms with Crippen LogP contribution in [0.4, 0.5) is 4.79 Å². The fourth-order valence-electron chi connectivity index (χ4n) is 2.49. The molecule has 0 unspecified atom stereocenters. The Morgan fingerprint density at radius 3 is 2.25 bits per heavy atom. The second-order valence-corrected chi connectivity index (χ2v) is 6.96. The molecule has 0 fully saturated rings. The average Bonchev–Trinajstić information content (AvgIpc) is 2.26. The molecule has 0 aliphatic carbocycles. The summed E-state index contributed by atoms with van der Waals surface area (Å²) >= 11 is 0. The minimum atomic E-state index is -0.233. The van der Waals surface area contributed by atoms with E-state index < -0.39 is 0 Å². The SMILES string of the molecule is CC(C)(C)CC(C)(C)NC(=O)N/C=C/c1ccccc1. The van der Waals surface area contributed by atoms with Gasteiger partial charge < -0.3 is 10.6 Å². The molecule has 3 heteroatoms. The van der Waals surface area contributed by atoms with E-state index >= 15 is 0 Å². The number of nitrogens with one attached hydrogen (secondary N) is 2. The number of carbonyl (C=O) groups is 1. The third-order valence-corrected chi connectivity index (χ3v) is 2.71. The first-order valence-electron chi connectivity index (χ1n) is 6.98. The summed E-state index contributed by atoms with van der Waals surface area (Å²) in [5, 5.41) is 5.74. The van der Waals surface area contributed by atoms with Gasteiger partial charge in [-0.2, -0.15) is 0 Å². The Labute approximate surface area is 122 Å². The van der Waals surface area contributed by atoms with Gasteiger partial charge in [-0.3, -0.25) is 0 Å². The molecule has 1 aromatic carbocycles. The van der Waals surface area contributed by atoms with Crippen LogP contribution in [0.1, 0.15) is 46.6 Å². The van der Waals surface area contributed by atoms with E-state index in [0.29, 0.717) is 0 Å². The van der Waals surface area contributed by atoms with Crippen molar-refractivity contribution < 1.29 is 4.79 Å². The van der Waals surface area contributed by atoms with Crippen molar-refractivity contribution in [1.29, 1.82) is 0 Å². The number of hydrogen-bond donors (Lipinski definition) is 2. The van der Waals surface area contributed by atoms with E-state index in [1.165, 1.54) is 0 Å².